The van der Waals surface area contributed by atoms with Gasteiger partial charge in [0.25, 0.3) is 5.56 Å². The molecule has 4 heteroatoms. The van der Waals surface area contributed by atoms with Gasteiger partial charge in [0.15, 0.2) is 0 Å². The predicted molar refractivity (Wildman–Crippen MR) is 114 cm³/mol. The SMILES string of the molecule is Cc1cc2c(c(C)c1C(=O)c1c(C)[nH]n(C)c1=O)C(C)(C)C(C)(C)C(C)(C)C2. The molecule has 0 unspecified atom stereocenters. The average Bonchev–Trinajstić information content (AvgIpc) is 2.77. The number of aromatic amines is 1. The van der Waals surface area contributed by atoms with E-state index in [2.05, 4.69) is 59.6 Å². The van der Waals surface area contributed by atoms with Crippen LogP contribution in [0.25, 0.3) is 0 Å². The Bertz CT molecular complexity index is 1050. The Morgan fingerprint density at radius 2 is 1.61 bits per heavy atom. The van der Waals surface area contributed by atoms with Crippen LogP contribution in [0.2, 0.25) is 0 Å². The van der Waals surface area contributed by atoms with Gasteiger partial charge in [-0.15, -0.1) is 0 Å². The van der Waals surface area contributed by atoms with Gasteiger partial charge in [-0.3, -0.25) is 19.4 Å². The molecule has 3 rings (SSSR count). The van der Waals surface area contributed by atoms with Crippen molar-refractivity contribution in [3.63, 3.8) is 0 Å². The third-order valence-corrected chi connectivity index (χ3v) is 8.05. The maximum absolute atomic E-state index is 13.5. The third kappa shape index (κ3) is 2.49. The van der Waals surface area contributed by atoms with Gasteiger partial charge in [0.05, 0.1) is 0 Å². The Hall–Kier alpha value is -2.10. The average molecular weight is 383 g/mol. The fourth-order valence-corrected chi connectivity index (χ4v) is 5.36. The first-order valence-corrected chi connectivity index (χ1v) is 10.1. The van der Waals surface area contributed by atoms with Crippen LogP contribution < -0.4 is 5.56 Å². The van der Waals surface area contributed by atoms with E-state index in [9.17, 15) is 9.59 Å². The van der Waals surface area contributed by atoms with E-state index in [0.717, 1.165) is 17.5 Å². The number of benzene rings is 1. The van der Waals surface area contributed by atoms with Crippen molar-refractivity contribution in [2.45, 2.75) is 74.1 Å². The monoisotopic (exact) mass is 382 g/mol. The van der Waals surface area contributed by atoms with Crippen LogP contribution in [-0.4, -0.2) is 15.6 Å². The molecule has 1 N–H and O–H groups in total. The highest BCUT2D eigenvalue weighted by molar-refractivity contribution is 6.11. The van der Waals surface area contributed by atoms with Crippen molar-refractivity contribution in [3.8, 4) is 0 Å². The number of carbonyl (C=O) groups excluding carboxylic acids is 1. The summed E-state index contributed by atoms with van der Waals surface area (Å²) in [5.74, 6) is -0.171. The Balaban J connectivity index is 2.32. The normalized spacial score (nSPS) is 19.4. The molecule has 0 saturated carbocycles. The molecule has 0 saturated heterocycles. The summed E-state index contributed by atoms with van der Waals surface area (Å²) in [4.78, 5) is 26.0. The molecule has 28 heavy (non-hydrogen) atoms. The lowest BCUT2D eigenvalue weighted by molar-refractivity contribution is 0.0149. The fraction of sp³-hybridized carbons (Fsp3) is 0.583. The lowest BCUT2D eigenvalue weighted by atomic mass is 9.46. The summed E-state index contributed by atoms with van der Waals surface area (Å²) < 4.78 is 1.38. The van der Waals surface area contributed by atoms with Crippen LogP contribution in [0.3, 0.4) is 0 Å². The Morgan fingerprint density at radius 3 is 2.11 bits per heavy atom. The van der Waals surface area contributed by atoms with Gasteiger partial charge in [0.2, 0.25) is 5.78 Å². The molecule has 0 amide bonds. The summed E-state index contributed by atoms with van der Waals surface area (Å²) in [7, 11) is 1.65. The van der Waals surface area contributed by atoms with Crippen LogP contribution in [0.15, 0.2) is 10.9 Å². The molecule has 0 aliphatic heterocycles. The number of H-pyrrole nitrogens is 1. The molecule has 1 aliphatic carbocycles. The van der Waals surface area contributed by atoms with Crippen LogP contribution in [-0.2, 0) is 18.9 Å². The number of aryl methyl sites for hydroxylation is 3. The van der Waals surface area contributed by atoms with Crippen molar-refractivity contribution in [2.24, 2.45) is 17.9 Å². The van der Waals surface area contributed by atoms with Crippen molar-refractivity contribution in [1.29, 1.82) is 0 Å². The van der Waals surface area contributed by atoms with Crippen molar-refractivity contribution in [2.75, 3.05) is 0 Å². The summed E-state index contributed by atoms with van der Waals surface area (Å²) >= 11 is 0. The Kier molecular flexibility index (Phi) is 4.38. The van der Waals surface area contributed by atoms with Gasteiger partial charge >= 0.3 is 0 Å². The van der Waals surface area contributed by atoms with Crippen molar-refractivity contribution >= 4 is 5.78 Å². The summed E-state index contributed by atoms with van der Waals surface area (Å²) in [5.41, 5.74) is 5.96. The minimum atomic E-state index is -0.264. The van der Waals surface area contributed by atoms with Gasteiger partial charge < -0.3 is 0 Å². The zero-order valence-corrected chi connectivity index (χ0v) is 19.0. The summed E-state index contributed by atoms with van der Waals surface area (Å²) in [6, 6.07) is 2.18. The predicted octanol–water partition coefficient (Wildman–Crippen LogP) is 4.76. The molecule has 4 nitrogen and oxygen atoms in total. The van der Waals surface area contributed by atoms with E-state index in [1.165, 1.54) is 15.8 Å². The van der Waals surface area contributed by atoms with Gasteiger partial charge in [-0.2, -0.15) is 0 Å². The van der Waals surface area contributed by atoms with Gasteiger partial charge in [-0.25, -0.2) is 0 Å². The maximum atomic E-state index is 13.5. The molecule has 0 bridgehead atoms. The summed E-state index contributed by atoms with van der Waals surface area (Å²) in [5, 5.41) is 2.95. The highest BCUT2D eigenvalue weighted by Gasteiger charge is 2.53. The molecular weight excluding hydrogens is 348 g/mol. The van der Waals surface area contributed by atoms with E-state index >= 15 is 0 Å². The molecule has 2 aromatic rings. The number of ketones is 1. The smallest absolute Gasteiger partial charge is 0.277 e. The van der Waals surface area contributed by atoms with Crippen LogP contribution in [0.5, 0.6) is 0 Å². The second-order valence-electron chi connectivity index (χ2n) is 10.3. The van der Waals surface area contributed by atoms with Crippen molar-refractivity contribution in [3.05, 3.63) is 55.5 Å². The Morgan fingerprint density at radius 1 is 1.04 bits per heavy atom. The quantitative estimate of drug-likeness (QED) is 0.762. The van der Waals surface area contributed by atoms with E-state index in [4.69, 9.17) is 0 Å². The van der Waals surface area contributed by atoms with Gasteiger partial charge in [-0.05, 0) is 65.7 Å². The number of nitrogens with one attached hydrogen (secondary N) is 1. The van der Waals surface area contributed by atoms with E-state index in [0.29, 0.717) is 11.3 Å². The highest BCUT2D eigenvalue weighted by atomic mass is 16.2. The minimum Gasteiger partial charge on any atom is -0.299 e. The third-order valence-electron chi connectivity index (χ3n) is 8.05. The summed E-state index contributed by atoms with van der Waals surface area (Å²) in [6.07, 6.45) is 0.986. The summed E-state index contributed by atoms with van der Waals surface area (Å²) in [6.45, 7) is 19.8. The first kappa shape index (κ1) is 20.6. The van der Waals surface area contributed by atoms with Gasteiger partial charge in [0.1, 0.15) is 5.56 Å². The molecule has 1 aliphatic rings. The van der Waals surface area contributed by atoms with Crippen molar-refractivity contribution in [1.82, 2.24) is 9.78 Å². The van der Waals surface area contributed by atoms with Gasteiger partial charge in [-0.1, -0.05) is 47.6 Å². The molecule has 1 heterocycles. The number of hydrogen-bond donors (Lipinski definition) is 1. The first-order chi connectivity index (χ1) is 12.6. The van der Waals surface area contributed by atoms with E-state index in [1.807, 2.05) is 6.92 Å². The van der Waals surface area contributed by atoms with Crippen molar-refractivity contribution < 1.29 is 4.79 Å². The maximum Gasteiger partial charge on any atom is 0.277 e. The minimum absolute atomic E-state index is 0.0491. The molecule has 0 spiro atoms. The van der Waals surface area contributed by atoms with Crippen LogP contribution in [0.4, 0.5) is 0 Å². The Labute approximate surface area is 168 Å². The lowest BCUT2D eigenvalue weighted by Gasteiger charge is -2.57. The largest absolute Gasteiger partial charge is 0.299 e. The molecular formula is C24H34N2O2. The zero-order chi connectivity index (χ0) is 21.4. The number of aromatic nitrogens is 2. The number of carbonyl (C=O) groups is 1. The number of nitrogens with zero attached hydrogens (tertiary/aromatic N) is 1. The van der Waals surface area contributed by atoms with Crippen LogP contribution in [0.1, 0.15) is 85.4 Å². The van der Waals surface area contributed by atoms with Crippen LogP contribution >= 0.6 is 0 Å². The number of hydrogen-bond acceptors (Lipinski definition) is 2. The lowest BCUT2D eigenvalue weighted by Crippen LogP contribution is -2.52. The molecule has 152 valence electrons. The number of fused-ring (bicyclic) bond motifs is 1. The molecule has 0 atom stereocenters. The van der Waals surface area contributed by atoms with Crippen LogP contribution in [0, 0.1) is 31.6 Å². The standard InChI is InChI=1S/C24H34N2O2/c1-13-11-16-12-22(4,5)24(8,9)23(6,7)19(16)14(2)17(13)20(27)18-15(3)25-26(10)21(18)28/h11,25H,12H2,1-10H3. The molecule has 0 radical (unpaired) electrons. The second-order valence-corrected chi connectivity index (χ2v) is 10.3. The highest BCUT2D eigenvalue weighted by Crippen LogP contribution is 2.59. The molecule has 1 aromatic heterocycles. The van der Waals surface area contributed by atoms with E-state index < -0.39 is 0 Å². The molecule has 0 fully saturated rings. The second kappa shape index (κ2) is 5.95. The van der Waals surface area contributed by atoms with E-state index in [-0.39, 0.29) is 33.2 Å². The number of rotatable bonds is 2. The van der Waals surface area contributed by atoms with Gasteiger partial charge in [0, 0.05) is 18.3 Å². The van der Waals surface area contributed by atoms with E-state index in [1.54, 1.807) is 14.0 Å². The zero-order valence-electron chi connectivity index (χ0n) is 19.0. The topological polar surface area (TPSA) is 54.9 Å². The first-order valence-electron chi connectivity index (χ1n) is 10.1. The fourth-order valence-electron chi connectivity index (χ4n) is 5.36. The molecule has 1 aromatic carbocycles.